The fourth-order valence-corrected chi connectivity index (χ4v) is 3.19. The Morgan fingerprint density at radius 3 is 2.24 bits per heavy atom. The third-order valence-electron chi connectivity index (χ3n) is 4.18. The van der Waals surface area contributed by atoms with Gasteiger partial charge in [0.2, 0.25) is 11.8 Å². The highest BCUT2D eigenvalue weighted by Crippen LogP contribution is 2.39. The van der Waals surface area contributed by atoms with Gasteiger partial charge in [0.1, 0.15) is 0 Å². The Hall–Kier alpha value is -2.04. The van der Waals surface area contributed by atoms with Crippen LogP contribution in [0.15, 0.2) is 42.5 Å². The van der Waals surface area contributed by atoms with Crippen LogP contribution < -0.4 is 10.6 Å². The van der Waals surface area contributed by atoms with Gasteiger partial charge in [0.15, 0.2) is 0 Å². The number of aryl methyl sites for hydroxylation is 1. The molecule has 1 saturated carbocycles. The molecule has 0 spiro atoms. The van der Waals surface area contributed by atoms with Gasteiger partial charge in [-0.25, -0.2) is 0 Å². The SMILES string of the molecule is Cc1ccc(CNC(=O)C2CC2C(=O)Nc2cc(Cl)cc(Cl)c2)cc1. The first-order valence-corrected chi connectivity index (χ1v) is 8.78. The summed E-state index contributed by atoms with van der Waals surface area (Å²) >= 11 is 11.8. The largest absolute Gasteiger partial charge is 0.352 e. The lowest BCUT2D eigenvalue weighted by Crippen LogP contribution is -2.27. The van der Waals surface area contributed by atoms with Gasteiger partial charge in [0, 0.05) is 22.3 Å². The number of hydrogen-bond donors (Lipinski definition) is 2. The van der Waals surface area contributed by atoms with Gasteiger partial charge in [-0.15, -0.1) is 0 Å². The van der Waals surface area contributed by atoms with Crippen LogP contribution in [0.3, 0.4) is 0 Å². The maximum atomic E-state index is 12.2. The van der Waals surface area contributed by atoms with Crippen LogP contribution >= 0.6 is 23.2 Å². The van der Waals surface area contributed by atoms with E-state index in [1.807, 2.05) is 31.2 Å². The molecule has 1 aliphatic carbocycles. The third-order valence-corrected chi connectivity index (χ3v) is 4.62. The summed E-state index contributed by atoms with van der Waals surface area (Å²) in [6.45, 7) is 2.48. The highest BCUT2D eigenvalue weighted by Gasteiger charge is 2.47. The van der Waals surface area contributed by atoms with Crippen LogP contribution in [0.5, 0.6) is 0 Å². The third kappa shape index (κ3) is 4.74. The molecular formula is C19H18Cl2N2O2. The first kappa shape index (κ1) is 17.8. The van der Waals surface area contributed by atoms with E-state index in [2.05, 4.69) is 10.6 Å². The normalized spacial score (nSPS) is 18.5. The van der Waals surface area contributed by atoms with E-state index in [9.17, 15) is 9.59 Å². The Labute approximate surface area is 156 Å². The second-order valence-corrected chi connectivity index (χ2v) is 7.17. The van der Waals surface area contributed by atoms with Gasteiger partial charge in [0.05, 0.1) is 11.8 Å². The molecule has 2 aromatic carbocycles. The van der Waals surface area contributed by atoms with Crippen LogP contribution in [0.1, 0.15) is 17.5 Å². The Morgan fingerprint density at radius 1 is 1.00 bits per heavy atom. The summed E-state index contributed by atoms with van der Waals surface area (Å²) in [5.41, 5.74) is 2.75. The molecule has 2 amide bonds. The topological polar surface area (TPSA) is 58.2 Å². The van der Waals surface area contributed by atoms with E-state index in [0.29, 0.717) is 28.7 Å². The first-order valence-electron chi connectivity index (χ1n) is 8.02. The van der Waals surface area contributed by atoms with Crippen molar-refractivity contribution in [1.29, 1.82) is 0 Å². The molecule has 6 heteroatoms. The molecule has 0 aromatic heterocycles. The number of benzene rings is 2. The molecule has 1 aliphatic rings. The van der Waals surface area contributed by atoms with Crippen molar-refractivity contribution in [1.82, 2.24) is 5.32 Å². The number of carbonyl (C=O) groups is 2. The van der Waals surface area contributed by atoms with Gasteiger partial charge in [0.25, 0.3) is 0 Å². The maximum absolute atomic E-state index is 12.2. The minimum absolute atomic E-state index is 0.0927. The van der Waals surface area contributed by atoms with E-state index in [0.717, 1.165) is 5.56 Å². The zero-order chi connectivity index (χ0) is 18.0. The van der Waals surface area contributed by atoms with Gasteiger partial charge in [-0.1, -0.05) is 53.0 Å². The Bertz CT molecular complexity index is 785. The molecule has 2 aromatic rings. The van der Waals surface area contributed by atoms with E-state index < -0.39 is 0 Å². The zero-order valence-electron chi connectivity index (χ0n) is 13.7. The first-order chi connectivity index (χ1) is 11.9. The van der Waals surface area contributed by atoms with Crippen LogP contribution in [0.2, 0.25) is 10.0 Å². The molecule has 0 heterocycles. The Kier molecular flexibility index (Phi) is 5.30. The summed E-state index contributed by atoms with van der Waals surface area (Å²) in [7, 11) is 0. The van der Waals surface area contributed by atoms with Crippen LogP contribution in [0, 0.1) is 18.8 Å². The zero-order valence-corrected chi connectivity index (χ0v) is 15.2. The van der Waals surface area contributed by atoms with Gasteiger partial charge in [-0.2, -0.15) is 0 Å². The lowest BCUT2D eigenvalue weighted by Gasteiger charge is -2.07. The van der Waals surface area contributed by atoms with Crippen molar-refractivity contribution >= 4 is 40.7 Å². The Balaban J connectivity index is 1.50. The number of anilines is 1. The average Bonchev–Trinajstić information content (AvgIpc) is 3.34. The molecule has 0 saturated heterocycles. The predicted molar refractivity (Wildman–Crippen MR) is 99.7 cm³/mol. The van der Waals surface area contributed by atoms with Gasteiger partial charge >= 0.3 is 0 Å². The van der Waals surface area contributed by atoms with Gasteiger partial charge in [-0.05, 0) is 37.1 Å². The van der Waals surface area contributed by atoms with E-state index in [1.165, 1.54) is 5.56 Å². The summed E-state index contributed by atoms with van der Waals surface area (Å²) in [5.74, 6) is -0.866. The number of carbonyl (C=O) groups excluding carboxylic acids is 2. The second-order valence-electron chi connectivity index (χ2n) is 6.30. The summed E-state index contributed by atoms with van der Waals surface area (Å²) in [5, 5.41) is 6.55. The van der Waals surface area contributed by atoms with Gasteiger partial charge in [-0.3, -0.25) is 9.59 Å². The van der Waals surface area contributed by atoms with E-state index >= 15 is 0 Å². The lowest BCUT2D eigenvalue weighted by molar-refractivity contribution is -0.125. The molecular weight excluding hydrogens is 359 g/mol. The van der Waals surface area contributed by atoms with Gasteiger partial charge < -0.3 is 10.6 Å². The molecule has 0 aliphatic heterocycles. The molecule has 1 fully saturated rings. The fraction of sp³-hybridized carbons (Fsp3) is 0.263. The van der Waals surface area contributed by atoms with E-state index in [1.54, 1.807) is 18.2 Å². The molecule has 0 bridgehead atoms. The highest BCUT2D eigenvalue weighted by molar-refractivity contribution is 6.35. The van der Waals surface area contributed by atoms with Crippen molar-refractivity contribution < 1.29 is 9.59 Å². The van der Waals surface area contributed by atoms with Crippen molar-refractivity contribution in [3.63, 3.8) is 0 Å². The standard InChI is InChI=1S/C19H18Cl2N2O2/c1-11-2-4-12(5-3-11)10-22-18(24)16-9-17(16)19(25)23-15-7-13(20)6-14(21)8-15/h2-8,16-17H,9-10H2,1H3,(H,22,24)(H,23,25). The smallest absolute Gasteiger partial charge is 0.228 e. The molecule has 130 valence electrons. The number of hydrogen-bond acceptors (Lipinski definition) is 2. The summed E-state index contributed by atoms with van der Waals surface area (Å²) in [4.78, 5) is 24.4. The molecule has 25 heavy (non-hydrogen) atoms. The quantitative estimate of drug-likeness (QED) is 0.821. The Morgan fingerprint density at radius 2 is 1.60 bits per heavy atom. The monoisotopic (exact) mass is 376 g/mol. The number of halogens is 2. The second kappa shape index (κ2) is 7.46. The summed E-state index contributed by atoms with van der Waals surface area (Å²) in [6.07, 6.45) is 0.555. The van der Waals surface area contributed by atoms with E-state index in [4.69, 9.17) is 23.2 Å². The van der Waals surface area contributed by atoms with Crippen LogP contribution in [0.4, 0.5) is 5.69 Å². The average molecular weight is 377 g/mol. The van der Waals surface area contributed by atoms with E-state index in [-0.39, 0.29) is 23.7 Å². The minimum atomic E-state index is -0.309. The predicted octanol–water partition coefficient (Wildman–Crippen LogP) is 4.19. The number of amides is 2. The number of rotatable bonds is 5. The fourth-order valence-electron chi connectivity index (χ4n) is 2.66. The number of nitrogens with one attached hydrogen (secondary N) is 2. The molecule has 2 atom stereocenters. The van der Waals surface area contributed by atoms with Crippen LogP contribution in [0.25, 0.3) is 0 Å². The molecule has 2 N–H and O–H groups in total. The maximum Gasteiger partial charge on any atom is 0.228 e. The van der Waals surface area contributed by atoms with Crippen molar-refractivity contribution in [3.05, 3.63) is 63.6 Å². The summed E-state index contributed by atoms with van der Waals surface area (Å²) in [6, 6.07) is 12.8. The van der Waals surface area contributed by atoms with Crippen LogP contribution in [-0.4, -0.2) is 11.8 Å². The molecule has 4 nitrogen and oxygen atoms in total. The van der Waals surface area contributed by atoms with Crippen LogP contribution in [-0.2, 0) is 16.1 Å². The highest BCUT2D eigenvalue weighted by atomic mass is 35.5. The summed E-state index contributed by atoms with van der Waals surface area (Å²) < 4.78 is 0. The molecule has 3 rings (SSSR count). The minimum Gasteiger partial charge on any atom is -0.352 e. The lowest BCUT2D eigenvalue weighted by atomic mass is 10.1. The van der Waals surface area contributed by atoms with Crippen molar-refractivity contribution in [2.45, 2.75) is 19.9 Å². The molecule has 0 radical (unpaired) electrons. The molecule has 2 unspecified atom stereocenters. The van der Waals surface area contributed by atoms with Crippen molar-refractivity contribution in [2.75, 3.05) is 5.32 Å². The van der Waals surface area contributed by atoms with Crippen molar-refractivity contribution in [3.8, 4) is 0 Å². The van der Waals surface area contributed by atoms with Crippen molar-refractivity contribution in [2.24, 2.45) is 11.8 Å².